The summed E-state index contributed by atoms with van der Waals surface area (Å²) in [6.07, 6.45) is -5.47. The van der Waals surface area contributed by atoms with Crippen molar-refractivity contribution < 1.29 is 23.0 Å². The van der Waals surface area contributed by atoms with Crippen molar-refractivity contribution in [3.8, 4) is 5.75 Å². The maximum absolute atomic E-state index is 11.8. The van der Waals surface area contributed by atoms with Crippen molar-refractivity contribution in [2.45, 2.75) is 25.4 Å². The highest BCUT2D eigenvalue weighted by atomic mass is 35.5. The van der Waals surface area contributed by atoms with Crippen LogP contribution in [0.1, 0.15) is 18.5 Å². The second-order valence-electron chi connectivity index (χ2n) is 3.38. The van der Waals surface area contributed by atoms with E-state index in [1.807, 2.05) is 0 Å². The Bertz CT molecular complexity index is 340. The Morgan fingerprint density at radius 2 is 1.71 bits per heavy atom. The van der Waals surface area contributed by atoms with Crippen LogP contribution in [-0.2, 0) is 0 Å². The normalized spacial score (nSPS) is 14.7. The second kappa shape index (κ2) is 6.09. The third-order valence-electron chi connectivity index (χ3n) is 2.02. The number of hydrogen-bond acceptors (Lipinski definition) is 3. The topological polar surface area (TPSA) is 55.5 Å². The minimum atomic E-state index is -4.70. The molecule has 0 saturated carbocycles. The highest BCUT2D eigenvalue weighted by molar-refractivity contribution is 5.85. The molecule has 3 N–H and O–H groups in total. The van der Waals surface area contributed by atoms with Gasteiger partial charge in [-0.1, -0.05) is 12.1 Å². The van der Waals surface area contributed by atoms with Crippen molar-refractivity contribution in [3.63, 3.8) is 0 Å². The molecule has 7 heteroatoms. The Morgan fingerprint density at radius 3 is 2.06 bits per heavy atom. The molecular weight excluding hydrogens is 259 g/mol. The van der Waals surface area contributed by atoms with Crippen molar-refractivity contribution in [3.05, 3.63) is 29.8 Å². The average molecular weight is 272 g/mol. The zero-order valence-corrected chi connectivity index (χ0v) is 9.76. The van der Waals surface area contributed by atoms with Gasteiger partial charge in [0.2, 0.25) is 0 Å². The molecule has 98 valence electrons. The van der Waals surface area contributed by atoms with Crippen molar-refractivity contribution in [1.82, 2.24) is 0 Å². The number of alkyl halides is 3. The molecule has 0 unspecified atom stereocenters. The lowest BCUT2D eigenvalue weighted by Crippen LogP contribution is -2.23. The predicted octanol–water partition coefficient (Wildman–Crippen LogP) is 2.39. The maximum Gasteiger partial charge on any atom is 0.573 e. The molecule has 0 fully saturated rings. The number of halogens is 4. The second-order valence-corrected chi connectivity index (χ2v) is 3.38. The Morgan fingerprint density at radius 1 is 1.24 bits per heavy atom. The molecule has 0 aliphatic carbocycles. The molecule has 0 bridgehead atoms. The smallest absolute Gasteiger partial charge is 0.406 e. The lowest BCUT2D eigenvalue weighted by atomic mass is 10.0. The first-order valence-electron chi connectivity index (χ1n) is 4.59. The molecule has 1 aromatic carbocycles. The first kappa shape index (κ1) is 16.0. The number of ether oxygens (including phenoxy) is 1. The molecule has 17 heavy (non-hydrogen) atoms. The van der Waals surface area contributed by atoms with E-state index in [0.717, 1.165) is 12.1 Å². The van der Waals surface area contributed by atoms with Crippen LogP contribution in [0, 0.1) is 0 Å². The number of aliphatic hydroxyl groups excluding tert-OH is 1. The standard InChI is InChI=1S/C10H12F3NO2.ClH/c1-6(15)9(14)7-2-4-8(5-3-7)16-10(11,12)13;/h2-6,9,15H,14H2,1H3;1H/t6-,9-;/m1./s1. The van der Waals surface area contributed by atoms with Crippen LogP contribution in [0.3, 0.4) is 0 Å². The van der Waals surface area contributed by atoms with E-state index in [2.05, 4.69) is 4.74 Å². The van der Waals surface area contributed by atoms with Crippen LogP contribution in [0.15, 0.2) is 24.3 Å². The molecule has 1 rings (SSSR count). The Balaban J connectivity index is 0.00000256. The number of aliphatic hydroxyl groups is 1. The van der Waals surface area contributed by atoms with E-state index in [1.54, 1.807) is 0 Å². The lowest BCUT2D eigenvalue weighted by molar-refractivity contribution is -0.274. The van der Waals surface area contributed by atoms with Gasteiger partial charge in [-0.2, -0.15) is 0 Å². The first-order valence-corrected chi connectivity index (χ1v) is 4.59. The molecular formula is C10H13ClF3NO2. The van der Waals surface area contributed by atoms with Crippen molar-refractivity contribution >= 4 is 12.4 Å². The van der Waals surface area contributed by atoms with Crippen LogP contribution in [0.2, 0.25) is 0 Å². The van der Waals surface area contributed by atoms with Crippen LogP contribution in [-0.4, -0.2) is 17.6 Å². The van der Waals surface area contributed by atoms with E-state index in [9.17, 15) is 18.3 Å². The molecule has 0 spiro atoms. The fourth-order valence-electron chi connectivity index (χ4n) is 1.17. The third-order valence-corrected chi connectivity index (χ3v) is 2.02. The molecule has 1 aromatic rings. The highest BCUT2D eigenvalue weighted by Crippen LogP contribution is 2.24. The van der Waals surface area contributed by atoms with E-state index in [1.165, 1.54) is 19.1 Å². The third kappa shape index (κ3) is 5.25. The van der Waals surface area contributed by atoms with Crippen LogP contribution in [0.25, 0.3) is 0 Å². The average Bonchev–Trinajstić information content (AvgIpc) is 2.15. The van der Waals surface area contributed by atoms with E-state index >= 15 is 0 Å². The molecule has 0 saturated heterocycles. The maximum atomic E-state index is 11.8. The fraction of sp³-hybridized carbons (Fsp3) is 0.400. The van der Waals surface area contributed by atoms with Crippen LogP contribution in [0.4, 0.5) is 13.2 Å². The summed E-state index contributed by atoms with van der Waals surface area (Å²) in [6.45, 7) is 1.50. The van der Waals surface area contributed by atoms with Gasteiger partial charge in [0.15, 0.2) is 0 Å². The summed E-state index contributed by atoms with van der Waals surface area (Å²) in [5.74, 6) is -0.311. The minimum absolute atomic E-state index is 0. The van der Waals surface area contributed by atoms with Gasteiger partial charge in [0, 0.05) is 0 Å². The zero-order chi connectivity index (χ0) is 12.3. The fourth-order valence-corrected chi connectivity index (χ4v) is 1.17. The summed E-state index contributed by atoms with van der Waals surface area (Å²) in [5, 5.41) is 9.19. The van der Waals surface area contributed by atoms with Crippen molar-refractivity contribution in [1.29, 1.82) is 0 Å². The van der Waals surface area contributed by atoms with Gasteiger partial charge in [0.25, 0.3) is 0 Å². The summed E-state index contributed by atoms with van der Waals surface area (Å²) in [4.78, 5) is 0. The zero-order valence-electron chi connectivity index (χ0n) is 8.94. The molecule has 0 amide bonds. The molecule has 3 nitrogen and oxygen atoms in total. The molecule has 0 aliphatic rings. The molecule has 0 aliphatic heterocycles. The lowest BCUT2D eigenvalue weighted by Gasteiger charge is -2.15. The van der Waals surface area contributed by atoms with Gasteiger partial charge in [-0.25, -0.2) is 0 Å². The summed E-state index contributed by atoms with van der Waals surface area (Å²) >= 11 is 0. The number of nitrogens with two attached hydrogens (primary N) is 1. The monoisotopic (exact) mass is 271 g/mol. The van der Waals surface area contributed by atoms with Gasteiger partial charge in [-0.3, -0.25) is 0 Å². The van der Waals surface area contributed by atoms with E-state index in [4.69, 9.17) is 5.73 Å². The Kier molecular flexibility index (Phi) is 5.74. The summed E-state index contributed by atoms with van der Waals surface area (Å²) < 4.78 is 39.2. The highest BCUT2D eigenvalue weighted by Gasteiger charge is 2.31. The largest absolute Gasteiger partial charge is 0.573 e. The summed E-state index contributed by atoms with van der Waals surface area (Å²) in [6, 6.07) is 4.47. The summed E-state index contributed by atoms with van der Waals surface area (Å²) in [7, 11) is 0. The van der Waals surface area contributed by atoms with Gasteiger partial charge in [0.05, 0.1) is 12.1 Å². The van der Waals surface area contributed by atoms with E-state index < -0.39 is 18.5 Å². The van der Waals surface area contributed by atoms with Gasteiger partial charge in [-0.15, -0.1) is 25.6 Å². The quantitative estimate of drug-likeness (QED) is 0.887. The van der Waals surface area contributed by atoms with Gasteiger partial charge in [-0.05, 0) is 24.6 Å². The predicted molar refractivity (Wildman–Crippen MR) is 59.0 cm³/mol. The number of benzene rings is 1. The van der Waals surface area contributed by atoms with Gasteiger partial charge < -0.3 is 15.6 Å². The van der Waals surface area contributed by atoms with Gasteiger partial charge >= 0.3 is 6.36 Å². The van der Waals surface area contributed by atoms with Crippen LogP contribution >= 0.6 is 12.4 Å². The van der Waals surface area contributed by atoms with Crippen LogP contribution < -0.4 is 10.5 Å². The molecule has 2 atom stereocenters. The Labute approximate surface area is 103 Å². The molecule has 0 aromatic heterocycles. The summed E-state index contributed by atoms with van der Waals surface area (Å²) in [5.41, 5.74) is 6.15. The molecule has 0 heterocycles. The first-order chi connectivity index (χ1) is 7.29. The van der Waals surface area contributed by atoms with Crippen LogP contribution in [0.5, 0.6) is 5.75 Å². The van der Waals surface area contributed by atoms with E-state index in [0.29, 0.717) is 5.56 Å². The van der Waals surface area contributed by atoms with Crippen molar-refractivity contribution in [2.75, 3.05) is 0 Å². The minimum Gasteiger partial charge on any atom is -0.406 e. The molecule has 0 radical (unpaired) electrons. The SMILES string of the molecule is C[C@@H](O)[C@@H](N)c1ccc(OC(F)(F)F)cc1.Cl. The number of hydrogen-bond donors (Lipinski definition) is 2. The number of rotatable bonds is 3. The van der Waals surface area contributed by atoms with E-state index in [-0.39, 0.29) is 18.2 Å². The van der Waals surface area contributed by atoms with Gasteiger partial charge in [0.1, 0.15) is 5.75 Å². The Hall–Kier alpha value is -0.980. The van der Waals surface area contributed by atoms with Crippen molar-refractivity contribution in [2.24, 2.45) is 5.73 Å².